The van der Waals surface area contributed by atoms with Crippen LogP contribution in [0, 0.1) is 11.3 Å². The van der Waals surface area contributed by atoms with E-state index < -0.39 is 11.4 Å². The van der Waals surface area contributed by atoms with Crippen LogP contribution in [0.15, 0.2) is 12.3 Å². The highest BCUT2D eigenvalue weighted by atomic mass is 16.4. The molecule has 0 bridgehead atoms. The van der Waals surface area contributed by atoms with Crippen molar-refractivity contribution in [3.05, 3.63) is 18.0 Å². The predicted octanol–water partition coefficient (Wildman–Crippen LogP) is 2.63. The van der Waals surface area contributed by atoms with E-state index in [2.05, 4.69) is 12.0 Å². The molecular weight excluding hydrogens is 228 g/mol. The molecule has 100 valence electrons. The zero-order valence-corrected chi connectivity index (χ0v) is 11.2. The van der Waals surface area contributed by atoms with Crippen LogP contribution in [0.25, 0.3) is 0 Å². The number of carboxylic acid groups (broad SMARTS) is 1. The molecule has 0 radical (unpaired) electrons. The molecule has 1 N–H and O–H groups in total. The van der Waals surface area contributed by atoms with E-state index in [4.69, 9.17) is 0 Å². The van der Waals surface area contributed by atoms with Crippen molar-refractivity contribution in [3.8, 4) is 0 Å². The molecule has 1 aromatic heterocycles. The predicted molar refractivity (Wildman–Crippen MR) is 69.2 cm³/mol. The van der Waals surface area contributed by atoms with E-state index in [9.17, 15) is 9.90 Å². The maximum atomic E-state index is 11.6. The van der Waals surface area contributed by atoms with Crippen molar-refractivity contribution >= 4 is 5.97 Å². The number of nitrogens with zero attached hydrogens (tertiary/aromatic N) is 2. The highest BCUT2D eigenvalue weighted by molar-refractivity contribution is 5.75. The number of carbonyl (C=O) groups is 1. The van der Waals surface area contributed by atoms with Crippen molar-refractivity contribution in [3.63, 3.8) is 0 Å². The van der Waals surface area contributed by atoms with Gasteiger partial charge < -0.3 is 5.11 Å². The van der Waals surface area contributed by atoms with Crippen LogP contribution < -0.4 is 0 Å². The number of aliphatic carboxylic acids is 1. The van der Waals surface area contributed by atoms with Crippen LogP contribution >= 0.6 is 0 Å². The van der Waals surface area contributed by atoms with Gasteiger partial charge in [-0.15, -0.1) is 0 Å². The Bertz CT molecular complexity index is 417. The van der Waals surface area contributed by atoms with Gasteiger partial charge in [0, 0.05) is 19.7 Å². The second-order valence-corrected chi connectivity index (χ2v) is 5.59. The van der Waals surface area contributed by atoms with Gasteiger partial charge in [0.25, 0.3) is 0 Å². The molecule has 1 aromatic rings. The molecule has 0 atom stereocenters. The first kappa shape index (κ1) is 13.1. The molecule has 0 unspecified atom stereocenters. The summed E-state index contributed by atoms with van der Waals surface area (Å²) >= 11 is 0. The van der Waals surface area contributed by atoms with E-state index in [0.29, 0.717) is 12.3 Å². The Morgan fingerprint density at radius 3 is 2.67 bits per heavy atom. The Hall–Kier alpha value is -1.32. The molecule has 0 saturated heterocycles. The van der Waals surface area contributed by atoms with Crippen LogP contribution in [-0.4, -0.2) is 20.9 Å². The summed E-state index contributed by atoms with van der Waals surface area (Å²) in [6.45, 7) is 2.19. The fourth-order valence-electron chi connectivity index (χ4n) is 3.01. The Morgan fingerprint density at radius 1 is 1.56 bits per heavy atom. The van der Waals surface area contributed by atoms with Gasteiger partial charge in [0.2, 0.25) is 0 Å². The van der Waals surface area contributed by atoms with Gasteiger partial charge in [0.05, 0.1) is 11.1 Å². The van der Waals surface area contributed by atoms with Crippen molar-refractivity contribution in [2.45, 2.75) is 45.4 Å². The van der Waals surface area contributed by atoms with Crippen molar-refractivity contribution in [2.24, 2.45) is 18.4 Å². The van der Waals surface area contributed by atoms with E-state index in [1.165, 1.54) is 6.42 Å². The first-order chi connectivity index (χ1) is 8.55. The molecule has 1 saturated carbocycles. The number of carboxylic acids is 1. The van der Waals surface area contributed by atoms with Gasteiger partial charge in [-0.2, -0.15) is 5.10 Å². The Morgan fingerprint density at radius 2 is 2.22 bits per heavy atom. The third kappa shape index (κ3) is 2.57. The fraction of sp³-hybridized carbons (Fsp3) is 0.714. The normalized spacial score (nSPS) is 28.2. The highest BCUT2D eigenvalue weighted by Crippen LogP contribution is 2.42. The summed E-state index contributed by atoms with van der Waals surface area (Å²) < 4.78 is 1.74. The average molecular weight is 250 g/mol. The van der Waals surface area contributed by atoms with Gasteiger partial charge >= 0.3 is 5.97 Å². The molecule has 0 aromatic carbocycles. The lowest BCUT2D eigenvalue weighted by molar-refractivity contribution is -0.151. The number of aromatic nitrogens is 2. The van der Waals surface area contributed by atoms with Crippen LogP contribution in [-0.2, 0) is 18.3 Å². The van der Waals surface area contributed by atoms with Gasteiger partial charge in [0.15, 0.2) is 0 Å². The van der Waals surface area contributed by atoms with E-state index in [0.717, 1.165) is 31.4 Å². The zero-order valence-electron chi connectivity index (χ0n) is 11.2. The second kappa shape index (κ2) is 5.12. The summed E-state index contributed by atoms with van der Waals surface area (Å²) in [5, 5.41) is 13.9. The number of rotatable bonds is 4. The average Bonchev–Trinajstić information content (AvgIpc) is 2.75. The lowest BCUT2D eigenvalue weighted by Crippen LogP contribution is -2.37. The molecule has 18 heavy (non-hydrogen) atoms. The van der Waals surface area contributed by atoms with Crippen LogP contribution in [0.3, 0.4) is 0 Å². The maximum Gasteiger partial charge on any atom is 0.310 e. The van der Waals surface area contributed by atoms with Gasteiger partial charge in [-0.25, -0.2) is 0 Å². The molecular formula is C14H22N2O2. The maximum absolute atomic E-state index is 11.6. The molecule has 4 heteroatoms. The van der Waals surface area contributed by atoms with Crippen molar-refractivity contribution in [1.82, 2.24) is 9.78 Å². The largest absolute Gasteiger partial charge is 0.481 e. The lowest BCUT2D eigenvalue weighted by atomic mass is 9.67. The quantitative estimate of drug-likeness (QED) is 0.893. The van der Waals surface area contributed by atoms with Crippen LogP contribution in [0.4, 0.5) is 0 Å². The topological polar surface area (TPSA) is 55.1 Å². The SMILES string of the molecule is CCC1CCC(Cc2ccn(C)n2)(C(=O)O)CC1. The monoisotopic (exact) mass is 250 g/mol. The second-order valence-electron chi connectivity index (χ2n) is 5.59. The van der Waals surface area contributed by atoms with E-state index in [1.807, 2.05) is 19.3 Å². The third-order valence-corrected chi connectivity index (χ3v) is 4.38. The van der Waals surface area contributed by atoms with Crippen LogP contribution in [0.1, 0.15) is 44.7 Å². The summed E-state index contributed by atoms with van der Waals surface area (Å²) in [5.41, 5.74) is 0.315. The first-order valence-corrected chi connectivity index (χ1v) is 6.77. The number of hydrogen-bond acceptors (Lipinski definition) is 2. The standard InChI is InChI=1S/C14H22N2O2/c1-3-11-4-7-14(8-5-11,13(17)18)10-12-6-9-16(2)15-12/h6,9,11H,3-5,7-8,10H2,1-2H3,(H,17,18). The Kier molecular flexibility index (Phi) is 3.73. The summed E-state index contributed by atoms with van der Waals surface area (Å²) in [7, 11) is 1.87. The molecule has 2 rings (SSSR count). The smallest absolute Gasteiger partial charge is 0.310 e. The first-order valence-electron chi connectivity index (χ1n) is 6.77. The van der Waals surface area contributed by atoms with Crippen molar-refractivity contribution in [2.75, 3.05) is 0 Å². The zero-order chi connectivity index (χ0) is 13.2. The molecule has 1 fully saturated rings. The fourth-order valence-corrected chi connectivity index (χ4v) is 3.01. The molecule has 4 nitrogen and oxygen atoms in total. The third-order valence-electron chi connectivity index (χ3n) is 4.38. The van der Waals surface area contributed by atoms with Crippen LogP contribution in [0.2, 0.25) is 0 Å². The van der Waals surface area contributed by atoms with Gasteiger partial charge in [-0.05, 0) is 37.7 Å². The highest BCUT2D eigenvalue weighted by Gasteiger charge is 2.42. The Balaban J connectivity index is 2.11. The molecule has 1 aliphatic rings. The van der Waals surface area contributed by atoms with E-state index in [-0.39, 0.29) is 0 Å². The molecule has 1 aliphatic carbocycles. The Labute approximate surface area is 108 Å². The van der Waals surface area contributed by atoms with Gasteiger partial charge in [0.1, 0.15) is 0 Å². The van der Waals surface area contributed by atoms with Crippen molar-refractivity contribution < 1.29 is 9.90 Å². The number of hydrogen-bond donors (Lipinski definition) is 1. The molecule has 0 spiro atoms. The molecule has 1 heterocycles. The minimum atomic E-state index is -0.650. The minimum absolute atomic E-state index is 0.569. The van der Waals surface area contributed by atoms with Crippen molar-refractivity contribution in [1.29, 1.82) is 0 Å². The van der Waals surface area contributed by atoms with E-state index >= 15 is 0 Å². The van der Waals surface area contributed by atoms with Gasteiger partial charge in [-0.3, -0.25) is 9.48 Å². The number of aryl methyl sites for hydroxylation is 1. The lowest BCUT2D eigenvalue weighted by Gasteiger charge is -2.36. The van der Waals surface area contributed by atoms with Crippen LogP contribution in [0.5, 0.6) is 0 Å². The summed E-state index contributed by atoms with van der Waals surface area (Å²) in [5.74, 6) is 0.0592. The molecule has 0 aliphatic heterocycles. The van der Waals surface area contributed by atoms with Gasteiger partial charge in [-0.1, -0.05) is 13.3 Å². The molecule has 0 amide bonds. The summed E-state index contributed by atoms with van der Waals surface area (Å²) in [4.78, 5) is 11.6. The van der Waals surface area contributed by atoms with E-state index in [1.54, 1.807) is 4.68 Å². The summed E-state index contributed by atoms with van der Waals surface area (Å²) in [6.07, 6.45) is 7.27. The minimum Gasteiger partial charge on any atom is -0.481 e. The summed E-state index contributed by atoms with van der Waals surface area (Å²) in [6, 6.07) is 1.93.